The Kier molecular flexibility index (Phi) is 10.5. The van der Waals surface area contributed by atoms with Crippen molar-refractivity contribution in [1.82, 2.24) is 10.2 Å². The number of carbonyl (C=O) groups is 2. The van der Waals surface area contributed by atoms with Gasteiger partial charge in [0, 0.05) is 17.6 Å². The summed E-state index contributed by atoms with van der Waals surface area (Å²) in [7, 11) is -2.71. The molecule has 1 N–H and O–H groups in total. The Morgan fingerprint density at radius 2 is 1.57 bits per heavy atom. The van der Waals surface area contributed by atoms with Crippen molar-refractivity contribution < 1.29 is 22.7 Å². The molecule has 40 heavy (non-hydrogen) atoms. The molecule has 0 aliphatic rings. The lowest BCUT2D eigenvalue weighted by Crippen LogP contribution is -2.52. The third kappa shape index (κ3) is 7.68. The summed E-state index contributed by atoms with van der Waals surface area (Å²) in [5, 5.41) is 3.17. The van der Waals surface area contributed by atoms with Crippen molar-refractivity contribution in [3.63, 3.8) is 0 Å². The maximum atomic E-state index is 14.0. The lowest BCUT2D eigenvalue weighted by atomic mass is 10.1. The Hall–Kier alpha value is -3.27. The van der Waals surface area contributed by atoms with E-state index in [1.165, 1.54) is 35.2 Å². The molecule has 214 valence electrons. The van der Waals surface area contributed by atoms with Gasteiger partial charge in [0.25, 0.3) is 10.0 Å². The van der Waals surface area contributed by atoms with E-state index in [0.29, 0.717) is 5.75 Å². The number of ether oxygens (including phenoxy) is 1. The predicted molar refractivity (Wildman–Crippen MR) is 158 cm³/mol. The fourth-order valence-corrected chi connectivity index (χ4v) is 5.80. The first-order valence-electron chi connectivity index (χ1n) is 12.6. The fourth-order valence-electron chi connectivity index (χ4n) is 3.94. The molecule has 3 aromatic rings. The Morgan fingerprint density at radius 3 is 2.15 bits per heavy atom. The van der Waals surface area contributed by atoms with Crippen LogP contribution in [0.1, 0.15) is 31.9 Å². The van der Waals surface area contributed by atoms with Crippen molar-refractivity contribution in [3.8, 4) is 5.75 Å². The lowest BCUT2D eigenvalue weighted by molar-refractivity contribution is -0.139. The molecule has 3 rings (SSSR count). The maximum absolute atomic E-state index is 14.0. The summed E-state index contributed by atoms with van der Waals surface area (Å²) >= 11 is 12.6. The Balaban J connectivity index is 2.06. The van der Waals surface area contributed by atoms with Gasteiger partial charge in [0.1, 0.15) is 18.3 Å². The van der Waals surface area contributed by atoms with Crippen LogP contribution >= 0.6 is 23.2 Å². The summed E-state index contributed by atoms with van der Waals surface area (Å²) in [6, 6.07) is 16.6. The average Bonchev–Trinajstić information content (AvgIpc) is 2.91. The summed E-state index contributed by atoms with van der Waals surface area (Å²) in [5.41, 5.74) is 1.65. The van der Waals surface area contributed by atoms with E-state index in [4.69, 9.17) is 27.9 Å². The second kappa shape index (κ2) is 13.4. The first kappa shape index (κ1) is 31.3. The number of nitrogens with zero attached hydrogens (tertiary/aromatic N) is 2. The number of rotatable bonds is 11. The van der Waals surface area contributed by atoms with Crippen LogP contribution in [0.4, 0.5) is 5.69 Å². The minimum Gasteiger partial charge on any atom is -0.497 e. The molecular formula is C29H33Cl2N3O5S. The van der Waals surface area contributed by atoms with Crippen molar-refractivity contribution in [2.45, 2.75) is 51.2 Å². The van der Waals surface area contributed by atoms with Crippen molar-refractivity contribution >= 4 is 50.7 Å². The smallest absolute Gasteiger partial charge is 0.264 e. The van der Waals surface area contributed by atoms with E-state index in [1.54, 1.807) is 50.4 Å². The van der Waals surface area contributed by atoms with Crippen LogP contribution in [0.5, 0.6) is 5.75 Å². The molecule has 0 aliphatic heterocycles. The first-order valence-corrected chi connectivity index (χ1v) is 14.8. The second-order valence-corrected chi connectivity index (χ2v) is 12.3. The number of carbonyl (C=O) groups excluding carboxylic acids is 2. The van der Waals surface area contributed by atoms with E-state index < -0.39 is 28.5 Å². The highest BCUT2D eigenvalue weighted by Gasteiger charge is 2.33. The van der Waals surface area contributed by atoms with Gasteiger partial charge in [0.05, 0.1) is 22.7 Å². The van der Waals surface area contributed by atoms with Crippen molar-refractivity contribution in [1.29, 1.82) is 0 Å². The van der Waals surface area contributed by atoms with Crippen LogP contribution in [0.2, 0.25) is 10.0 Å². The standard InChI is InChI=1S/C29H33Cl2N3O5S/c1-19(2)32-29(36)21(4)33(17-22-8-11-24(39-5)12-9-22)28(35)18-34(27-16-23(30)10-15-26(27)31)40(37,38)25-13-6-20(3)7-14-25/h6-16,19,21H,17-18H2,1-5H3,(H,32,36)/t21-/m0/s1. The number of sulfonamides is 1. The lowest BCUT2D eigenvalue weighted by Gasteiger charge is -2.32. The molecule has 0 radical (unpaired) electrons. The number of halogens is 2. The quantitative estimate of drug-likeness (QED) is 0.313. The third-order valence-electron chi connectivity index (χ3n) is 6.17. The van der Waals surface area contributed by atoms with Crippen LogP contribution in [0, 0.1) is 6.92 Å². The van der Waals surface area contributed by atoms with E-state index in [2.05, 4.69) is 5.32 Å². The number of methoxy groups -OCH3 is 1. The molecule has 8 nitrogen and oxygen atoms in total. The van der Waals surface area contributed by atoms with Crippen LogP contribution in [-0.2, 0) is 26.2 Å². The molecule has 0 fully saturated rings. The average molecular weight is 607 g/mol. The SMILES string of the molecule is COc1ccc(CN(C(=O)CN(c2cc(Cl)ccc2Cl)S(=O)(=O)c2ccc(C)cc2)[C@@H](C)C(=O)NC(C)C)cc1. The van der Waals surface area contributed by atoms with Gasteiger partial charge in [-0.3, -0.25) is 13.9 Å². The topological polar surface area (TPSA) is 96.0 Å². The molecule has 0 unspecified atom stereocenters. The molecule has 11 heteroatoms. The number of hydrogen-bond donors (Lipinski definition) is 1. The van der Waals surface area contributed by atoms with Gasteiger partial charge in [0.2, 0.25) is 11.8 Å². The summed E-state index contributed by atoms with van der Waals surface area (Å²) in [4.78, 5) is 28.3. The molecule has 0 bridgehead atoms. The normalized spacial score (nSPS) is 12.1. The van der Waals surface area contributed by atoms with Crippen LogP contribution in [0.15, 0.2) is 71.6 Å². The minimum atomic E-state index is -4.26. The molecule has 1 atom stereocenters. The summed E-state index contributed by atoms with van der Waals surface area (Å²) < 4.78 is 34.0. The van der Waals surface area contributed by atoms with Crippen molar-refractivity contribution in [2.24, 2.45) is 0 Å². The number of nitrogens with one attached hydrogen (secondary N) is 1. The van der Waals surface area contributed by atoms with Crippen LogP contribution in [0.25, 0.3) is 0 Å². The largest absolute Gasteiger partial charge is 0.497 e. The molecule has 3 aromatic carbocycles. The molecular weight excluding hydrogens is 573 g/mol. The second-order valence-electron chi connectivity index (χ2n) is 9.63. The van der Waals surface area contributed by atoms with Gasteiger partial charge in [-0.25, -0.2) is 8.42 Å². The van der Waals surface area contributed by atoms with E-state index in [9.17, 15) is 18.0 Å². The van der Waals surface area contributed by atoms with Crippen LogP contribution < -0.4 is 14.4 Å². The van der Waals surface area contributed by atoms with Crippen molar-refractivity contribution in [2.75, 3.05) is 18.0 Å². The number of anilines is 1. The van der Waals surface area contributed by atoms with Gasteiger partial charge in [-0.1, -0.05) is 53.0 Å². The monoisotopic (exact) mass is 605 g/mol. The van der Waals surface area contributed by atoms with Gasteiger partial charge in [0.15, 0.2) is 0 Å². The van der Waals surface area contributed by atoms with Crippen LogP contribution in [0.3, 0.4) is 0 Å². The summed E-state index contributed by atoms with van der Waals surface area (Å²) in [6.07, 6.45) is 0. The molecule has 0 saturated heterocycles. The molecule has 0 heterocycles. The fraction of sp³-hybridized carbons (Fsp3) is 0.310. The zero-order chi connectivity index (χ0) is 29.6. The van der Waals surface area contributed by atoms with Gasteiger partial charge < -0.3 is 15.0 Å². The highest BCUT2D eigenvalue weighted by molar-refractivity contribution is 7.92. The zero-order valence-corrected chi connectivity index (χ0v) is 25.3. The minimum absolute atomic E-state index is 0.0192. The molecule has 0 saturated carbocycles. The molecule has 0 aromatic heterocycles. The Bertz CT molecular complexity index is 1450. The van der Waals surface area contributed by atoms with E-state index in [0.717, 1.165) is 15.4 Å². The first-order chi connectivity index (χ1) is 18.8. The van der Waals surface area contributed by atoms with E-state index in [1.807, 2.05) is 20.8 Å². The summed E-state index contributed by atoms with van der Waals surface area (Å²) in [5.74, 6) is -0.335. The number of amides is 2. The van der Waals surface area contributed by atoms with Gasteiger partial charge in [-0.2, -0.15) is 0 Å². The van der Waals surface area contributed by atoms with Gasteiger partial charge in [-0.15, -0.1) is 0 Å². The third-order valence-corrected chi connectivity index (χ3v) is 8.50. The highest BCUT2D eigenvalue weighted by Crippen LogP contribution is 2.33. The number of hydrogen-bond acceptors (Lipinski definition) is 5. The van der Waals surface area contributed by atoms with E-state index >= 15 is 0 Å². The Morgan fingerprint density at radius 1 is 0.950 bits per heavy atom. The van der Waals surface area contributed by atoms with Gasteiger partial charge >= 0.3 is 0 Å². The molecule has 0 spiro atoms. The zero-order valence-electron chi connectivity index (χ0n) is 23.0. The highest BCUT2D eigenvalue weighted by atomic mass is 35.5. The van der Waals surface area contributed by atoms with Crippen molar-refractivity contribution in [3.05, 3.63) is 87.9 Å². The molecule has 2 amide bonds. The Labute approximate surface area is 245 Å². The predicted octanol–water partition coefficient (Wildman–Crippen LogP) is 5.45. The maximum Gasteiger partial charge on any atom is 0.264 e. The van der Waals surface area contributed by atoms with Crippen LogP contribution in [-0.4, -0.2) is 50.9 Å². The molecule has 0 aliphatic carbocycles. The van der Waals surface area contributed by atoms with Gasteiger partial charge in [-0.05, 0) is 75.7 Å². The van der Waals surface area contributed by atoms with E-state index in [-0.39, 0.29) is 39.1 Å². The number of aryl methyl sites for hydroxylation is 1. The number of benzene rings is 3. The summed E-state index contributed by atoms with van der Waals surface area (Å²) in [6.45, 7) is 6.51.